The third-order valence-electron chi connectivity index (χ3n) is 6.10. The molecule has 0 saturated carbocycles. The zero-order chi connectivity index (χ0) is 26.2. The minimum Gasteiger partial charge on any atom is -0.391 e. The smallest absolute Gasteiger partial charge is 0.391 e. The van der Waals surface area contributed by atoms with E-state index in [1.165, 1.54) is 42.5 Å². The highest BCUT2D eigenvalue weighted by molar-refractivity contribution is 7.89. The second kappa shape index (κ2) is 9.96. The molecule has 0 aliphatic heterocycles. The van der Waals surface area contributed by atoms with Gasteiger partial charge in [-0.15, -0.1) is 5.10 Å². The monoisotopic (exact) mass is 533 g/mol. The van der Waals surface area contributed by atoms with Crippen molar-refractivity contribution in [3.8, 4) is 11.1 Å². The average molecular weight is 534 g/mol. The fraction of sp³-hybridized carbons (Fsp3) is 0.200. The summed E-state index contributed by atoms with van der Waals surface area (Å²) in [5.41, 5.74) is 1.97. The van der Waals surface area contributed by atoms with E-state index in [4.69, 9.17) is 16.0 Å². The average Bonchev–Trinajstić information content (AvgIpc) is 3.27. The van der Waals surface area contributed by atoms with Gasteiger partial charge in [0.2, 0.25) is 15.9 Å². The highest BCUT2D eigenvalue weighted by Gasteiger charge is 2.33. The van der Waals surface area contributed by atoms with E-state index in [0.717, 1.165) is 5.56 Å². The molecule has 1 heterocycles. The number of hydrogen-bond donors (Lipinski definition) is 2. The maximum Gasteiger partial charge on any atom is 0.434 e. The van der Waals surface area contributed by atoms with E-state index in [1.807, 2.05) is 0 Å². The van der Waals surface area contributed by atoms with Crippen LogP contribution in [0.15, 0.2) is 68.7 Å². The number of H-pyrrole nitrogens is 1. The van der Waals surface area contributed by atoms with Crippen molar-refractivity contribution in [2.45, 2.75) is 37.6 Å². The van der Waals surface area contributed by atoms with Crippen molar-refractivity contribution in [3.63, 3.8) is 0 Å². The Morgan fingerprint density at radius 1 is 1.03 bits per heavy atom. The lowest BCUT2D eigenvalue weighted by atomic mass is 9.88. The summed E-state index contributed by atoms with van der Waals surface area (Å²) in [5.74, 6) is -3.10. The van der Waals surface area contributed by atoms with Crippen LogP contribution in [0.3, 0.4) is 0 Å². The molecule has 0 spiro atoms. The van der Waals surface area contributed by atoms with Gasteiger partial charge in [-0.25, -0.2) is 27.1 Å². The Balaban J connectivity index is 1.80. The van der Waals surface area contributed by atoms with Crippen LogP contribution in [0.1, 0.15) is 41.5 Å². The summed E-state index contributed by atoms with van der Waals surface area (Å²) in [6, 6.07) is 11.3. The van der Waals surface area contributed by atoms with E-state index in [-0.39, 0.29) is 32.5 Å². The van der Waals surface area contributed by atoms with Crippen molar-refractivity contribution in [2.75, 3.05) is 0 Å². The molecule has 3 aromatic carbocycles. The third kappa shape index (κ3) is 4.97. The minimum absolute atomic E-state index is 0.125. The fourth-order valence-corrected chi connectivity index (χ4v) is 5.58. The molecule has 2 atom stereocenters. The van der Waals surface area contributed by atoms with Gasteiger partial charge in [-0.3, -0.25) is 0 Å². The van der Waals surface area contributed by atoms with Crippen molar-refractivity contribution in [3.05, 3.63) is 104 Å². The van der Waals surface area contributed by atoms with Gasteiger partial charge in [0.15, 0.2) is 0 Å². The van der Waals surface area contributed by atoms with E-state index >= 15 is 0 Å². The van der Waals surface area contributed by atoms with Gasteiger partial charge in [0, 0.05) is 22.1 Å². The predicted molar refractivity (Wildman–Crippen MR) is 131 cm³/mol. The largest absolute Gasteiger partial charge is 0.434 e. The van der Waals surface area contributed by atoms with Crippen LogP contribution >= 0.6 is 11.6 Å². The second-order valence-electron chi connectivity index (χ2n) is 8.36. The topological polar surface area (TPSA) is 105 Å². The predicted octanol–water partition coefficient (Wildman–Crippen LogP) is 5.40. The molecule has 0 radical (unpaired) electrons. The van der Waals surface area contributed by atoms with Gasteiger partial charge in [-0.2, -0.15) is 4.72 Å². The normalized spacial score (nSPS) is 13.5. The number of rotatable bonds is 7. The SMILES string of the molecule is Cc1ccc(F)c(C(C)C(NS(=O)(=O)c2ccc(Cl)c(-c3ccccc3F)c2)c2n[nH]c(=O)o2)c1C. The molecule has 0 amide bonds. The first-order chi connectivity index (χ1) is 17.0. The van der Waals surface area contributed by atoms with Gasteiger partial charge in [0.1, 0.15) is 17.7 Å². The van der Waals surface area contributed by atoms with Crippen LogP contribution in [0.4, 0.5) is 8.78 Å². The highest BCUT2D eigenvalue weighted by atomic mass is 35.5. The second-order valence-corrected chi connectivity index (χ2v) is 10.5. The maximum absolute atomic E-state index is 14.9. The quantitative estimate of drug-likeness (QED) is 0.331. The molecule has 0 fully saturated rings. The molecule has 4 rings (SSSR count). The Kier molecular flexibility index (Phi) is 7.12. The lowest BCUT2D eigenvalue weighted by Gasteiger charge is -2.25. The van der Waals surface area contributed by atoms with E-state index in [1.54, 1.807) is 32.9 Å². The molecule has 36 heavy (non-hydrogen) atoms. The zero-order valence-corrected chi connectivity index (χ0v) is 21.0. The highest BCUT2D eigenvalue weighted by Crippen LogP contribution is 2.36. The van der Waals surface area contributed by atoms with Crippen LogP contribution in [-0.2, 0) is 10.0 Å². The van der Waals surface area contributed by atoms with Crippen LogP contribution in [-0.4, -0.2) is 18.6 Å². The summed E-state index contributed by atoms with van der Waals surface area (Å²) in [6.45, 7) is 5.12. The van der Waals surface area contributed by atoms with Crippen molar-refractivity contribution in [1.82, 2.24) is 14.9 Å². The van der Waals surface area contributed by atoms with Crippen molar-refractivity contribution in [1.29, 1.82) is 0 Å². The summed E-state index contributed by atoms with van der Waals surface area (Å²) in [7, 11) is -4.32. The fourth-order valence-electron chi connectivity index (χ4n) is 4.06. The Morgan fingerprint density at radius 3 is 2.42 bits per heavy atom. The van der Waals surface area contributed by atoms with Crippen LogP contribution in [0.25, 0.3) is 11.1 Å². The number of aryl methyl sites for hydroxylation is 1. The lowest BCUT2D eigenvalue weighted by Crippen LogP contribution is -2.33. The molecule has 4 aromatic rings. The molecule has 0 aliphatic carbocycles. The molecule has 11 heteroatoms. The Morgan fingerprint density at radius 2 is 1.75 bits per heavy atom. The molecule has 0 aliphatic rings. The number of hydrogen-bond acceptors (Lipinski definition) is 5. The van der Waals surface area contributed by atoms with Gasteiger partial charge in [-0.05, 0) is 60.9 Å². The Hall–Kier alpha value is -3.34. The Labute approximate surface area is 211 Å². The number of nitrogens with one attached hydrogen (secondary N) is 2. The minimum atomic E-state index is -4.32. The lowest BCUT2D eigenvalue weighted by molar-refractivity contribution is 0.377. The summed E-state index contributed by atoms with van der Waals surface area (Å²) in [4.78, 5) is 11.4. The molecule has 2 unspecified atom stereocenters. The number of halogens is 3. The third-order valence-corrected chi connectivity index (χ3v) is 7.87. The van der Waals surface area contributed by atoms with E-state index in [0.29, 0.717) is 5.56 Å². The van der Waals surface area contributed by atoms with Crippen LogP contribution in [0.5, 0.6) is 0 Å². The summed E-state index contributed by atoms with van der Waals surface area (Å²) in [6.07, 6.45) is 0. The summed E-state index contributed by atoms with van der Waals surface area (Å²) in [5, 5.41) is 6.05. The van der Waals surface area contributed by atoms with Crippen molar-refractivity contribution in [2.24, 2.45) is 0 Å². The van der Waals surface area contributed by atoms with Gasteiger partial charge in [0.25, 0.3) is 0 Å². The molecular formula is C25H22ClF2N3O4S. The number of aromatic amines is 1. The molecule has 0 saturated heterocycles. The summed E-state index contributed by atoms with van der Waals surface area (Å²) < 4.78 is 63.8. The number of benzene rings is 3. The van der Waals surface area contributed by atoms with Crippen molar-refractivity contribution >= 4 is 21.6 Å². The van der Waals surface area contributed by atoms with Gasteiger partial charge in [-0.1, -0.05) is 42.8 Å². The molecule has 7 nitrogen and oxygen atoms in total. The number of aromatic nitrogens is 2. The Bertz CT molecular complexity index is 1600. The van der Waals surface area contributed by atoms with Crippen molar-refractivity contribution < 1.29 is 21.6 Å². The molecule has 0 bridgehead atoms. The zero-order valence-electron chi connectivity index (χ0n) is 19.5. The standard InChI is InChI=1S/C25H22ClF2N3O4S/c1-13-8-11-21(28)22(14(13)2)15(3)23(24-29-30-25(32)35-24)31-36(33,34)16-9-10-19(26)18(12-16)17-6-4-5-7-20(17)27/h4-12,15,23,31H,1-3H3,(H,30,32). The molecular weight excluding hydrogens is 512 g/mol. The molecule has 1 aromatic heterocycles. The van der Waals surface area contributed by atoms with Gasteiger partial charge in [0.05, 0.1) is 4.90 Å². The van der Waals surface area contributed by atoms with Gasteiger partial charge < -0.3 is 4.42 Å². The van der Waals surface area contributed by atoms with Crippen LogP contribution in [0, 0.1) is 25.5 Å². The first-order valence-corrected chi connectivity index (χ1v) is 12.7. The van der Waals surface area contributed by atoms with Gasteiger partial charge >= 0.3 is 5.76 Å². The van der Waals surface area contributed by atoms with E-state index in [9.17, 15) is 22.0 Å². The number of sulfonamides is 1. The molecule has 2 N–H and O–H groups in total. The van der Waals surface area contributed by atoms with Crippen LogP contribution in [0.2, 0.25) is 5.02 Å². The number of nitrogens with zero attached hydrogens (tertiary/aromatic N) is 1. The first kappa shape index (κ1) is 25.7. The van der Waals surface area contributed by atoms with E-state index < -0.39 is 39.4 Å². The maximum atomic E-state index is 14.9. The van der Waals surface area contributed by atoms with Crippen LogP contribution < -0.4 is 10.5 Å². The summed E-state index contributed by atoms with van der Waals surface area (Å²) >= 11 is 6.25. The first-order valence-electron chi connectivity index (χ1n) is 10.9. The molecule has 188 valence electrons. The van der Waals surface area contributed by atoms with E-state index in [2.05, 4.69) is 14.9 Å².